The molecular formula is C103H164LaN4O4Sc3Si5-8. The van der Waals surface area contributed by atoms with Crippen molar-refractivity contribution in [3.8, 4) is 23.0 Å². The van der Waals surface area contributed by atoms with Crippen LogP contribution in [-0.2, 0) is 77.5 Å². The first kappa shape index (κ1) is 123. The summed E-state index contributed by atoms with van der Waals surface area (Å²) in [7, 11) is 8.86. The van der Waals surface area contributed by atoms with Crippen LogP contribution >= 0.6 is 0 Å². The molecule has 8 aromatic rings. The van der Waals surface area contributed by atoms with Crippen molar-refractivity contribution in [2.75, 3.05) is 76.0 Å². The van der Waals surface area contributed by atoms with E-state index in [2.05, 4.69) is 247 Å². The Morgan fingerprint density at radius 1 is 0.267 bits per heavy atom. The standard InChI is InChI=1S/2C17H28OSi.C16H28OSi2.C13H20OSi.4C9H12N.4CH3.La.3Sc/c2*1-11-12(2)14(4)17(13(11)3)19(5,6)16-10-8-7-9-15(16)18;1-18(2,3)13-10-11-14(12-13)19(4,5)16-9-7-6-8-15(16)17;1-15(2,11-7-3-4-8-11)13-10-6-5-9-12(13)14;4*1-8-6-4-5-7-9(8)10(2)3;;;;;;;;/h2*7-14,17-18H,1-6H3;6-9,13-14,17H,10-12H2,1-5H3;5-6,9-11,14H,3-4,7-8H2,1-2H3;4*4-7H,1H2,2-3H3;4*1H3;;;;/q;;;;8*-1;;;;. The van der Waals surface area contributed by atoms with E-state index in [9.17, 15) is 20.4 Å². The van der Waals surface area contributed by atoms with E-state index < -0.39 is 40.4 Å². The molecule has 0 saturated heterocycles. The zero-order valence-corrected chi connectivity index (χ0v) is 95.2. The van der Waals surface area contributed by atoms with Gasteiger partial charge in [0.15, 0.2) is 0 Å². The van der Waals surface area contributed by atoms with Crippen LogP contribution in [0.15, 0.2) is 194 Å². The van der Waals surface area contributed by atoms with Crippen molar-refractivity contribution in [3.05, 3.63) is 274 Å². The first-order chi connectivity index (χ1) is 52.3. The van der Waals surface area contributed by atoms with Gasteiger partial charge in [0.25, 0.3) is 0 Å². The smallest absolute Gasteiger partial charge is 0.114 e. The molecule has 8 nitrogen and oxygen atoms in total. The summed E-state index contributed by atoms with van der Waals surface area (Å²) in [5.41, 5.74) is 13.2. The molecule has 4 N–H and O–H groups in total. The van der Waals surface area contributed by atoms with Gasteiger partial charge in [-0.3, -0.25) is 0 Å². The van der Waals surface area contributed by atoms with Crippen molar-refractivity contribution in [2.24, 2.45) is 47.3 Å². The molecule has 17 heteroatoms. The van der Waals surface area contributed by atoms with E-state index >= 15 is 0 Å². The molecule has 4 saturated carbocycles. The average molecular weight is 1940 g/mol. The fourth-order valence-corrected chi connectivity index (χ4v) is 38.6. The number of phenols is 4. The Balaban J connectivity index is -0.000000644. The van der Waals surface area contributed by atoms with Crippen molar-refractivity contribution in [3.63, 3.8) is 0 Å². The van der Waals surface area contributed by atoms with Gasteiger partial charge in [-0.1, -0.05) is 316 Å². The summed E-state index contributed by atoms with van der Waals surface area (Å²) in [6.07, 6.45) is 9.71. The maximum Gasteiger partial charge on any atom is 0.114 e. The van der Waals surface area contributed by atoms with Crippen LogP contribution in [0.2, 0.25) is 99.7 Å². The number of para-hydroxylation sites is 8. The summed E-state index contributed by atoms with van der Waals surface area (Å²) in [6.45, 7) is 61.9. The molecule has 660 valence electrons. The summed E-state index contributed by atoms with van der Waals surface area (Å²) in [6, 6.07) is 64.3. The van der Waals surface area contributed by atoms with Crippen molar-refractivity contribution < 1.29 is 134 Å². The molecule has 8 aromatic carbocycles. The number of benzene rings is 8. The quantitative estimate of drug-likeness (QED) is 0.0670. The molecule has 4 aliphatic carbocycles. The Morgan fingerprint density at radius 2 is 0.458 bits per heavy atom. The first-order valence-electron chi connectivity index (χ1n) is 41.7. The molecule has 12 rings (SSSR count). The average Bonchev–Trinajstić information content (AvgIpc) is 1.60. The molecule has 4 aliphatic rings. The van der Waals surface area contributed by atoms with E-state index in [1.165, 1.54) is 88.4 Å². The molecule has 4 radical (unpaired) electrons. The van der Waals surface area contributed by atoms with Crippen LogP contribution in [0.5, 0.6) is 23.0 Å². The first-order valence-corrected chi connectivity index (χ1v) is 57.6. The molecule has 4 fully saturated rings. The van der Waals surface area contributed by atoms with E-state index in [0.717, 1.165) is 97.3 Å². The second-order valence-corrected chi connectivity index (χ2v) is 62.0. The summed E-state index contributed by atoms with van der Waals surface area (Å²) >= 11 is 0. The number of anilines is 4. The number of nitrogens with zero attached hydrogens (tertiary/aromatic N) is 4. The Kier molecular flexibility index (Phi) is 57.3. The third-order valence-electron chi connectivity index (χ3n) is 27.2. The van der Waals surface area contributed by atoms with Gasteiger partial charge in [0.2, 0.25) is 0 Å². The number of hydrogen-bond acceptors (Lipinski definition) is 8. The Hall–Kier alpha value is -3.47. The molecule has 0 bridgehead atoms. The second-order valence-electron chi connectivity index (χ2n) is 37.5. The van der Waals surface area contributed by atoms with Gasteiger partial charge in [0, 0.05) is 121 Å². The molecule has 0 spiro atoms. The molecule has 10 atom stereocenters. The van der Waals surface area contributed by atoms with Crippen molar-refractivity contribution in [2.45, 2.75) is 200 Å². The van der Waals surface area contributed by atoms with Crippen LogP contribution in [0, 0.1) is 140 Å². The summed E-state index contributed by atoms with van der Waals surface area (Å²) < 4.78 is 0. The fourth-order valence-electron chi connectivity index (χ4n) is 19.5. The number of aromatic hydroxyl groups is 4. The number of rotatable bonds is 13. The Morgan fingerprint density at radius 3 is 0.650 bits per heavy atom. The second kappa shape index (κ2) is 56.0. The zero-order valence-electron chi connectivity index (χ0n) is 81.1. The van der Waals surface area contributed by atoms with Crippen molar-refractivity contribution >= 4 is 83.9 Å². The van der Waals surface area contributed by atoms with Gasteiger partial charge < -0.3 is 69.7 Å². The van der Waals surface area contributed by atoms with E-state index in [-0.39, 0.29) is 143 Å². The maximum absolute atomic E-state index is 10.2. The maximum atomic E-state index is 10.2. The van der Waals surface area contributed by atoms with Gasteiger partial charge >= 0.3 is 0 Å². The summed E-state index contributed by atoms with van der Waals surface area (Å²) in [5.74, 6) is 8.23. The minimum Gasteiger partial charge on any atom is -0.508 e. The van der Waals surface area contributed by atoms with Gasteiger partial charge in [0.05, 0.1) is 32.3 Å². The molecule has 0 aliphatic heterocycles. The Labute approximate surface area is 828 Å². The van der Waals surface area contributed by atoms with Crippen LogP contribution in [0.1, 0.15) is 123 Å². The van der Waals surface area contributed by atoms with Gasteiger partial charge in [0.1, 0.15) is 23.0 Å². The predicted octanol–water partition coefficient (Wildman–Crippen LogP) is 25.8. The van der Waals surface area contributed by atoms with Gasteiger partial charge in [-0.15, -0.1) is 24.3 Å². The molecule has 0 amide bonds. The van der Waals surface area contributed by atoms with Crippen LogP contribution in [0.25, 0.3) is 0 Å². The van der Waals surface area contributed by atoms with Crippen LogP contribution in [0.3, 0.4) is 0 Å². The third-order valence-corrected chi connectivity index (χ3v) is 48.1. The SMILES string of the molecule is CC1C(C)C(C)C([Si](C)(C)c2ccccc2O)C1C.CC1C(C)C(C)C([Si](C)(C)c2ccccc2O)C1C.C[Si](C)(C)C1CCC([Si](C)(C)c2ccccc2O)C1.C[Si](C)(c1ccccc1O)C1CCCC1.[CH2-]c1ccccc1N(C)C.[CH2-]c1ccccc1N(C)C.[CH2-]c1ccccc1N(C)C.[CH2-]c1ccccc1N(C)C.[CH3-].[CH3-].[CH3-].[CH3-].[La].[Sc].[Sc].[Sc]. The van der Waals surface area contributed by atoms with Crippen molar-refractivity contribution in [1.29, 1.82) is 0 Å². The molecular weight excluding hydrogens is 1770 g/mol. The molecule has 0 heterocycles. The topological polar surface area (TPSA) is 93.9 Å². The van der Waals surface area contributed by atoms with E-state index in [4.69, 9.17) is 0 Å². The Bertz CT molecular complexity index is 3840. The van der Waals surface area contributed by atoms with Gasteiger partial charge in [-0.2, -0.15) is 74.2 Å². The fraction of sp³-hybridized carbons (Fsp3) is 0.456. The van der Waals surface area contributed by atoms with E-state index in [0.29, 0.717) is 23.0 Å². The van der Waals surface area contributed by atoms with Gasteiger partial charge in [-0.25, -0.2) is 0 Å². The van der Waals surface area contributed by atoms with Gasteiger partial charge in [-0.05, 0) is 176 Å². The summed E-state index contributed by atoms with van der Waals surface area (Å²) in [4.78, 5) is 8.23. The van der Waals surface area contributed by atoms with Crippen LogP contribution < -0.4 is 40.3 Å². The van der Waals surface area contributed by atoms with E-state index in [1.54, 1.807) is 0 Å². The normalized spacial score (nSPS) is 20.6. The molecule has 0 aromatic heterocycles. The van der Waals surface area contributed by atoms with E-state index in [1.807, 2.05) is 178 Å². The monoisotopic (exact) mass is 1930 g/mol. The van der Waals surface area contributed by atoms with Crippen LogP contribution in [-0.4, -0.2) is 117 Å². The molecule has 10 unspecified atom stereocenters. The molecule has 120 heavy (non-hydrogen) atoms. The number of hydrogen-bond donors (Lipinski definition) is 4. The van der Waals surface area contributed by atoms with Crippen LogP contribution in [0.4, 0.5) is 22.7 Å². The zero-order chi connectivity index (χ0) is 84.1. The third kappa shape index (κ3) is 33.3. The largest absolute Gasteiger partial charge is 0.508 e. The summed E-state index contributed by atoms with van der Waals surface area (Å²) in [5, 5.41) is 45.6. The number of phenolic OH excluding ortho intramolecular Hbond substituents is 4. The minimum absolute atomic E-state index is 0. The van der Waals surface area contributed by atoms with Crippen molar-refractivity contribution in [1.82, 2.24) is 0 Å². The minimum atomic E-state index is -1.65. The predicted molar refractivity (Wildman–Crippen MR) is 535 cm³/mol.